The molecule has 0 spiro atoms. The van der Waals surface area contributed by atoms with Crippen molar-refractivity contribution in [2.24, 2.45) is 0 Å². The molecule has 1 aliphatic carbocycles. The maximum atomic E-state index is 13.8. The Labute approximate surface area is 250 Å². The summed E-state index contributed by atoms with van der Waals surface area (Å²) in [6, 6.07) is 21.5. The van der Waals surface area contributed by atoms with E-state index in [1.807, 2.05) is 49.4 Å². The first-order valence-corrected chi connectivity index (χ1v) is 14.7. The number of rotatable bonds is 7. The SMILES string of the molecule is C[C@H]1Cn2c(c(C(=O)NCc3ccccc3)n(-c3ccc(OC4CC4)cc3)c2=O)CN1C(=O)c1ccc(Br)c(Cl)c1. The van der Waals surface area contributed by atoms with Crippen molar-refractivity contribution in [3.05, 3.63) is 115 Å². The topological polar surface area (TPSA) is 85.6 Å². The zero-order chi connectivity index (χ0) is 28.7. The molecule has 2 amide bonds. The fraction of sp³-hybridized carbons (Fsp3) is 0.258. The first kappa shape index (κ1) is 27.4. The van der Waals surface area contributed by atoms with E-state index in [4.69, 9.17) is 16.3 Å². The zero-order valence-electron chi connectivity index (χ0n) is 22.3. The molecule has 10 heteroatoms. The number of hydrogen-bond acceptors (Lipinski definition) is 4. The molecule has 0 radical (unpaired) electrons. The normalized spacial score (nSPS) is 16.3. The lowest BCUT2D eigenvalue weighted by molar-refractivity contribution is 0.0610. The predicted octanol–water partition coefficient (Wildman–Crippen LogP) is 5.57. The van der Waals surface area contributed by atoms with Crippen molar-refractivity contribution in [1.82, 2.24) is 19.4 Å². The van der Waals surface area contributed by atoms with Crippen LogP contribution in [0.2, 0.25) is 5.02 Å². The van der Waals surface area contributed by atoms with Crippen LogP contribution in [0.5, 0.6) is 5.75 Å². The van der Waals surface area contributed by atoms with Gasteiger partial charge in [-0.15, -0.1) is 0 Å². The van der Waals surface area contributed by atoms with E-state index in [1.165, 1.54) is 4.57 Å². The number of imidazole rings is 1. The van der Waals surface area contributed by atoms with Crippen molar-refractivity contribution >= 4 is 39.3 Å². The number of hydrogen-bond donors (Lipinski definition) is 1. The summed E-state index contributed by atoms with van der Waals surface area (Å²) in [5, 5.41) is 3.40. The number of amides is 2. The lowest BCUT2D eigenvalue weighted by Gasteiger charge is -2.34. The lowest BCUT2D eigenvalue weighted by atomic mass is 10.1. The van der Waals surface area contributed by atoms with Gasteiger partial charge in [0, 0.05) is 29.2 Å². The molecule has 0 bridgehead atoms. The average molecular weight is 636 g/mol. The first-order chi connectivity index (χ1) is 19.8. The summed E-state index contributed by atoms with van der Waals surface area (Å²) in [5.41, 5.74) is 2.28. The number of aromatic nitrogens is 2. The quantitative estimate of drug-likeness (QED) is 0.288. The second-order valence-corrected chi connectivity index (χ2v) is 11.7. The van der Waals surface area contributed by atoms with E-state index in [-0.39, 0.29) is 42.5 Å². The van der Waals surface area contributed by atoms with Crippen LogP contribution in [0.3, 0.4) is 0 Å². The number of benzene rings is 3. The van der Waals surface area contributed by atoms with Crippen LogP contribution < -0.4 is 15.7 Å². The highest BCUT2D eigenvalue weighted by molar-refractivity contribution is 9.10. The molecule has 6 rings (SSSR count). The van der Waals surface area contributed by atoms with E-state index in [9.17, 15) is 14.4 Å². The fourth-order valence-corrected chi connectivity index (χ4v) is 5.50. The number of carbonyl (C=O) groups excluding carboxylic acids is 2. The summed E-state index contributed by atoms with van der Waals surface area (Å²) in [5.74, 6) is 0.101. The minimum atomic E-state index is -0.397. The van der Waals surface area contributed by atoms with E-state index in [2.05, 4.69) is 21.2 Å². The molecule has 1 fully saturated rings. The summed E-state index contributed by atoms with van der Waals surface area (Å²) >= 11 is 9.64. The highest BCUT2D eigenvalue weighted by Gasteiger charge is 2.35. The summed E-state index contributed by atoms with van der Waals surface area (Å²) in [6.07, 6.45) is 2.33. The van der Waals surface area contributed by atoms with E-state index in [0.29, 0.717) is 33.0 Å². The Kier molecular flexibility index (Phi) is 7.48. The molecule has 1 saturated carbocycles. The molecule has 1 aromatic heterocycles. The van der Waals surface area contributed by atoms with Crippen molar-refractivity contribution in [3.63, 3.8) is 0 Å². The highest BCUT2D eigenvalue weighted by Crippen LogP contribution is 2.29. The van der Waals surface area contributed by atoms with Gasteiger partial charge in [-0.1, -0.05) is 41.9 Å². The Morgan fingerprint density at radius 2 is 1.78 bits per heavy atom. The minimum Gasteiger partial charge on any atom is -0.490 e. The van der Waals surface area contributed by atoms with Gasteiger partial charge in [0.1, 0.15) is 11.4 Å². The van der Waals surface area contributed by atoms with Crippen molar-refractivity contribution in [2.45, 2.75) is 51.5 Å². The van der Waals surface area contributed by atoms with Gasteiger partial charge >= 0.3 is 5.69 Å². The van der Waals surface area contributed by atoms with Crippen LogP contribution >= 0.6 is 27.5 Å². The van der Waals surface area contributed by atoms with Crippen molar-refractivity contribution in [1.29, 1.82) is 0 Å². The van der Waals surface area contributed by atoms with Gasteiger partial charge in [-0.3, -0.25) is 18.7 Å². The maximum absolute atomic E-state index is 13.8. The number of nitrogens with one attached hydrogen (secondary N) is 1. The summed E-state index contributed by atoms with van der Waals surface area (Å²) in [4.78, 5) is 42.9. The summed E-state index contributed by atoms with van der Waals surface area (Å²) in [6.45, 7) is 2.53. The number of fused-ring (bicyclic) bond motifs is 1. The number of ether oxygens (including phenoxy) is 1. The van der Waals surface area contributed by atoms with Gasteiger partial charge in [0.25, 0.3) is 11.8 Å². The molecule has 1 aliphatic heterocycles. The maximum Gasteiger partial charge on any atom is 0.333 e. The minimum absolute atomic E-state index is 0.0902. The van der Waals surface area contributed by atoms with Crippen LogP contribution in [0.4, 0.5) is 0 Å². The van der Waals surface area contributed by atoms with Crippen LogP contribution in [0.1, 0.15) is 51.9 Å². The Hall–Kier alpha value is -3.82. The third-order valence-corrected chi connectivity index (χ3v) is 8.64. The molecule has 1 atom stereocenters. The molecule has 210 valence electrons. The molecule has 0 saturated heterocycles. The van der Waals surface area contributed by atoms with E-state index in [0.717, 1.165) is 24.2 Å². The van der Waals surface area contributed by atoms with Crippen LogP contribution in [0.15, 0.2) is 82.1 Å². The van der Waals surface area contributed by atoms with Gasteiger partial charge < -0.3 is 15.0 Å². The fourth-order valence-electron chi connectivity index (χ4n) is 5.07. The van der Waals surface area contributed by atoms with E-state index < -0.39 is 5.91 Å². The molecule has 4 aromatic rings. The van der Waals surface area contributed by atoms with Crippen molar-refractivity contribution in [3.8, 4) is 11.4 Å². The summed E-state index contributed by atoms with van der Waals surface area (Å²) in [7, 11) is 0. The van der Waals surface area contributed by atoms with Crippen LogP contribution in [-0.2, 0) is 19.6 Å². The van der Waals surface area contributed by atoms with Crippen LogP contribution in [-0.4, -0.2) is 38.0 Å². The molecule has 2 heterocycles. The molecule has 2 aliphatic rings. The summed E-state index contributed by atoms with van der Waals surface area (Å²) < 4.78 is 9.62. The molecular weight excluding hydrogens is 608 g/mol. The van der Waals surface area contributed by atoms with Gasteiger partial charge in [-0.2, -0.15) is 0 Å². The molecule has 1 N–H and O–H groups in total. The first-order valence-electron chi connectivity index (χ1n) is 13.5. The van der Waals surface area contributed by atoms with Crippen molar-refractivity contribution < 1.29 is 14.3 Å². The second-order valence-electron chi connectivity index (χ2n) is 10.4. The molecular formula is C31H28BrClN4O4. The van der Waals surface area contributed by atoms with Crippen molar-refractivity contribution in [2.75, 3.05) is 0 Å². The van der Waals surface area contributed by atoms with E-state index in [1.54, 1.807) is 39.8 Å². The number of carbonyl (C=O) groups is 2. The lowest BCUT2D eigenvalue weighted by Crippen LogP contribution is -2.47. The second kappa shape index (κ2) is 11.2. The molecule has 8 nitrogen and oxygen atoms in total. The molecule has 3 aromatic carbocycles. The Balaban J connectivity index is 1.38. The van der Waals surface area contributed by atoms with Crippen LogP contribution in [0, 0.1) is 0 Å². The van der Waals surface area contributed by atoms with Gasteiger partial charge in [-0.05, 0) is 83.7 Å². The number of nitrogens with zero attached hydrogens (tertiary/aromatic N) is 3. The van der Waals surface area contributed by atoms with Crippen LogP contribution in [0.25, 0.3) is 5.69 Å². The smallest absolute Gasteiger partial charge is 0.333 e. The van der Waals surface area contributed by atoms with Gasteiger partial charge in [0.2, 0.25) is 0 Å². The molecule has 41 heavy (non-hydrogen) atoms. The largest absolute Gasteiger partial charge is 0.490 e. The predicted molar refractivity (Wildman–Crippen MR) is 160 cm³/mol. The third kappa shape index (κ3) is 5.56. The molecule has 0 unspecified atom stereocenters. The Morgan fingerprint density at radius 1 is 1.05 bits per heavy atom. The monoisotopic (exact) mass is 634 g/mol. The van der Waals surface area contributed by atoms with E-state index >= 15 is 0 Å². The van der Waals surface area contributed by atoms with Gasteiger partial charge in [0.05, 0.1) is 29.1 Å². The Bertz CT molecular complexity index is 1680. The van der Waals surface area contributed by atoms with Gasteiger partial charge in [0.15, 0.2) is 0 Å². The average Bonchev–Trinajstić information content (AvgIpc) is 3.75. The number of halogens is 2. The van der Waals surface area contributed by atoms with Gasteiger partial charge in [-0.25, -0.2) is 4.79 Å². The highest BCUT2D eigenvalue weighted by atomic mass is 79.9. The third-order valence-electron chi connectivity index (χ3n) is 7.40. The standard InChI is InChI=1S/C31H28BrClN4O4/c1-19-17-36-27(18-35(19)30(39)21-7-14-25(32)26(33)15-21)28(29(38)34-16-20-5-3-2-4-6-20)37(31(36)40)22-8-10-23(11-9-22)41-24-12-13-24/h2-11,14-15,19,24H,12-13,16-18H2,1H3,(H,34,38)/t19-/m0/s1. The zero-order valence-corrected chi connectivity index (χ0v) is 24.7. The Morgan fingerprint density at radius 3 is 2.46 bits per heavy atom.